The molecule has 2 aliphatic heterocycles. The predicted octanol–water partition coefficient (Wildman–Crippen LogP) is 1.21. The number of ether oxygens (including phenoxy) is 2. The van der Waals surface area contributed by atoms with Crippen molar-refractivity contribution in [3.05, 3.63) is 18.2 Å². The van der Waals surface area contributed by atoms with Gasteiger partial charge in [0.15, 0.2) is 11.5 Å². The van der Waals surface area contributed by atoms with Gasteiger partial charge in [-0.05, 0) is 49.8 Å². The van der Waals surface area contributed by atoms with Crippen molar-refractivity contribution in [3.63, 3.8) is 0 Å². The summed E-state index contributed by atoms with van der Waals surface area (Å²) >= 11 is 0. The number of hydrogen-bond acceptors (Lipinski definition) is 8. The van der Waals surface area contributed by atoms with Gasteiger partial charge in [0.2, 0.25) is 28.6 Å². The number of nitrogens with zero attached hydrogens (tertiary/aromatic N) is 1. The minimum atomic E-state index is -3.98. The Labute approximate surface area is 225 Å². The molecule has 4 unspecified atom stereocenters. The molecule has 0 radical (unpaired) electrons. The molecule has 0 spiro atoms. The number of sulfonamides is 1. The Morgan fingerprint density at radius 1 is 1.13 bits per heavy atom. The van der Waals surface area contributed by atoms with Crippen LogP contribution in [0, 0.1) is 11.3 Å². The third kappa shape index (κ3) is 7.37. The molecule has 0 aromatic heterocycles. The fourth-order valence-corrected chi connectivity index (χ4v) is 6.10. The zero-order valence-corrected chi connectivity index (χ0v) is 23.9. The van der Waals surface area contributed by atoms with Crippen LogP contribution in [0.1, 0.15) is 54.4 Å². The molecule has 0 aliphatic carbocycles. The van der Waals surface area contributed by atoms with Crippen LogP contribution in [0.3, 0.4) is 0 Å². The summed E-state index contributed by atoms with van der Waals surface area (Å²) in [4.78, 5) is 26.0. The molecule has 0 saturated carbocycles. The van der Waals surface area contributed by atoms with Crippen LogP contribution in [0.15, 0.2) is 23.1 Å². The number of benzene rings is 1. The number of carbonyl (C=O) groups excluding carboxylic acids is 2. The smallest absolute Gasteiger partial charge is 0.243 e. The molecule has 38 heavy (non-hydrogen) atoms. The van der Waals surface area contributed by atoms with Gasteiger partial charge in [-0.15, -0.1) is 0 Å². The first-order valence-corrected chi connectivity index (χ1v) is 14.6. The Morgan fingerprint density at radius 2 is 1.82 bits per heavy atom. The Morgan fingerprint density at radius 3 is 2.42 bits per heavy atom. The Bertz CT molecular complexity index is 1100. The minimum absolute atomic E-state index is 0.0134. The molecule has 1 aromatic rings. The maximum atomic E-state index is 13.5. The van der Waals surface area contributed by atoms with E-state index in [4.69, 9.17) is 9.47 Å². The second kappa shape index (κ2) is 12.2. The average molecular weight is 555 g/mol. The molecule has 4 N–H and O–H groups in total. The monoisotopic (exact) mass is 554 g/mol. The molecular formula is C26H42N4O7S. The van der Waals surface area contributed by atoms with Gasteiger partial charge in [0.25, 0.3) is 0 Å². The van der Waals surface area contributed by atoms with Gasteiger partial charge in [0, 0.05) is 19.2 Å². The van der Waals surface area contributed by atoms with Crippen molar-refractivity contribution in [2.24, 2.45) is 11.3 Å². The van der Waals surface area contributed by atoms with Crippen LogP contribution in [0.2, 0.25) is 0 Å². The number of rotatable bonds is 11. The van der Waals surface area contributed by atoms with Crippen LogP contribution in [0.4, 0.5) is 0 Å². The van der Waals surface area contributed by atoms with E-state index in [2.05, 4.69) is 16.0 Å². The van der Waals surface area contributed by atoms with E-state index >= 15 is 0 Å². The summed E-state index contributed by atoms with van der Waals surface area (Å²) in [5, 5.41) is 19.8. The van der Waals surface area contributed by atoms with E-state index in [1.54, 1.807) is 13.0 Å². The Hall–Kier alpha value is -2.41. The fourth-order valence-electron chi connectivity index (χ4n) is 4.46. The summed E-state index contributed by atoms with van der Waals surface area (Å²) < 4.78 is 38.9. The highest BCUT2D eigenvalue weighted by Crippen LogP contribution is 2.34. The second-order valence-electron chi connectivity index (χ2n) is 11.6. The van der Waals surface area contributed by atoms with Gasteiger partial charge in [0.05, 0.1) is 23.1 Å². The average Bonchev–Trinajstić information content (AvgIpc) is 3.52. The Kier molecular flexibility index (Phi) is 9.66. The molecule has 0 bridgehead atoms. The lowest BCUT2D eigenvalue weighted by molar-refractivity contribution is -0.133. The van der Waals surface area contributed by atoms with Crippen molar-refractivity contribution >= 4 is 21.8 Å². The summed E-state index contributed by atoms with van der Waals surface area (Å²) in [6, 6.07) is 2.46. The maximum Gasteiger partial charge on any atom is 0.243 e. The lowest BCUT2D eigenvalue weighted by Crippen LogP contribution is -2.59. The Balaban J connectivity index is 1.71. The van der Waals surface area contributed by atoms with E-state index in [-0.39, 0.29) is 42.6 Å². The first-order chi connectivity index (χ1) is 17.7. The van der Waals surface area contributed by atoms with Crippen molar-refractivity contribution in [2.75, 3.05) is 26.4 Å². The van der Waals surface area contributed by atoms with Gasteiger partial charge in [0.1, 0.15) is 6.04 Å². The standard InChI is InChI=1S/C26H42N4O7S/c1-16(2)13-30(38(34,35)18-9-10-21-22(12-18)37-15-36-21)14-20(31)17(3)28-25(33)23(26(4,5)6)29-24(32)19-8-7-11-27-19/h9-10,12,16-17,19-20,23,27,31H,7-8,11,13-15H2,1-6H3,(H,28,33)(H,29,32). The van der Waals surface area contributed by atoms with E-state index in [1.807, 2.05) is 34.6 Å². The van der Waals surface area contributed by atoms with Crippen molar-refractivity contribution < 1.29 is 32.6 Å². The largest absolute Gasteiger partial charge is 0.454 e. The van der Waals surface area contributed by atoms with E-state index in [0.29, 0.717) is 17.9 Å². The van der Waals surface area contributed by atoms with E-state index in [9.17, 15) is 23.1 Å². The van der Waals surface area contributed by atoms with Crippen LogP contribution in [-0.2, 0) is 19.6 Å². The summed E-state index contributed by atoms with van der Waals surface area (Å²) in [6.45, 7) is 11.7. The summed E-state index contributed by atoms with van der Waals surface area (Å²) in [7, 11) is -3.98. The predicted molar refractivity (Wildman–Crippen MR) is 142 cm³/mol. The fraction of sp³-hybridized carbons (Fsp3) is 0.692. The third-order valence-electron chi connectivity index (χ3n) is 6.68. The molecule has 1 fully saturated rings. The van der Waals surface area contributed by atoms with E-state index in [1.165, 1.54) is 16.4 Å². The minimum Gasteiger partial charge on any atom is -0.454 e. The highest BCUT2D eigenvalue weighted by molar-refractivity contribution is 7.89. The molecule has 214 valence electrons. The van der Waals surface area contributed by atoms with Gasteiger partial charge in [-0.3, -0.25) is 9.59 Å². The number of fused-ring (bicyclic) bond motifs is 1. The van der Waals surface area contributed by atoms with Gasteiger partial charge in [-0.1, -0.05) is 34.6 Å². The molecule has 3 rings (SSSR count). The molecule has 12 heteroatoms. The van der Waals surface area contributed by atoms with Gasteiger partial charge in [-0.2, -0.15) is 4.31 Å². The second-order valence-corrected chi connectivity index (χ2v) is 13.5. The van der Waals surface area contributed by atoms with Crippen molar-refractivity contribution in [1.29, 1.82) is 0 Å². The van der Waals surface area contributed by atoms with E-state index < -0.39 is 39.5 Å². The first-order valence-electron chi connectivity index (χ1n) is 13.1. The summed E-state index contributed by atoms with van der Waals surface area (Å²) in [5.41, 5.74) is -0.588. The van der Waals surface area contributed by atoms with Crippen molar-refractivity contribution in [1.82, 2.24) is 20.3 Å². The van der Waals surface area contributed by atoms with Gasteiger partial charge in [-0.25, -0.2) is 8.42 Å². The number of nitrogens with one attached hydrogen (secondary N) is 3. The molecule has 11 nitrogen and oxygen atoms in total. The zero-order valence-electron chi connectivity index (χ0n) is 23.1. The van der Waals surface area contributed by atoms with Crippen LogP contribution < -0.4 is 25.4 Å². The third-order valence-corrected chi connectivity index (χ3v) is 8.51. The molecule has 2 aliphatic rings. The van der Waals surface area contributed by atoms with E-state index in [0.717, 1.165) is 13.0 Å². The van der Waals surface area contributed by atoms with Crippen molar-refractivity contribution in [3.8, 4) is 11.5 Å². The summed E-state index contributed by atoms with van der Waals surface area (Å²) in [6.07, 6.45) is 0.410. The molecular weight excluding hydrogens is 512 g/mol. The molecule has 1 aromatic carbocycles. The maximum absolute atomic E-state index is 13.5. The lowest BCUT2D eigenvalue weighted by atomic mass is 9.85. The SMILES string of the molecule is CC(C)CN(CC(O)C(C)NC(=O)C(NC(=O)C1CCCN1)C(C)(C)C)S(=O)(=O)c1ccc2c(c1)OCO2. The van der Waals surface area contributed by atoms with Crippen LogP contribution in [-0.4, -0.2) is 80.3 Å². The quantitative estimate of drug-likeness (QED) is 0.319. The molecule has 2 amide bonds. The van der Waals surface area contributed by atoms with Crippen LogP contribution in [0.25, 0.3) is 0 Å². The van der Waals surface area contributed by atoms with Crippen molar-refractivity contribution in [2.45, 2.75) is 83.5 Å². The van der Waals surface area contributed by atoms with Crippen LogP contribution >= 0.6 is 0 Å². The highest BCUT2D eigenvalue weighted by Gasteiger charge is 2.37. The topological polar surface area (TPSA) is 146 Å². The normalized spacial score (nSPS) is 19.9. The number of aliphatic hydroxyl groups excluding tert-OH is 1. The molecule has 2 heterocycles. The van der Waals surface area contributed by atoms with Gasteiger partial charge >= 0.3 is 0 Å². The number of amides is 2. The highest BCUT2D eigenvalue weighted by atomic mass is 32.2. The van der Waals surface area contributed by atoms with Gasteiger partial charge < -0.3 is 30.5 Å². The lowest BCUT2D eigenvalue weighted by Gasteiger charge is -2.34. The summed E-state index contributed by atoms with van der Waals surface area (Å²) in [5.74, 6) is 0.133. The number of hydrogen-bond donors (Lipinski definition) is 4. The zero-order chi connectivity index (χ0) is 28.3. The molecule has 1 saturated heterocycles. The van der Waals surface area contributed by atoms with Crippen LogP contribution in [0.5, 0.6) is 11.5 Å². The number of carbonyl (C=O) groups is 2. The number of aliphatic hydroxyl groups is 1. The molecule has 4 atom stereocenters. The first kappa shape index (κ1) is 30.1.